The Morgan fingerprint density at radius 2 is 0.917 bits per heavy atom. The molecule has 0 unspecified atom stereocenters. The van der Waals surface area contributed by atoms with Crippen LogP contribution in [0, 0.1) is 0 Å². The van der Waals surface area contributed by atoms with Crippen LogP contribution in [0.15, 0.2) is 68.9 Å². The first kappa shape index (κ1) is 16.7. The van der Waals surface area contributed by atoms with Crippen LogP contribution in [0.1, 0.15) is 11.1 Å². The number of guanidine groups is 2. The topological polar surface area (TPSA) is 154 Å². The van der Waals surface area contributed by atoms with Crippen LogP contribution in [0.25, 0.3) is 11.1 Å². The van der Waals surface area contributed by atoms with Gasteiger partial charge in [0.25, 0.3) is 0 Å². The molecule has 8 nitrogen and oxygen atoms in total. The highest BCUT2D eigenvalue weighted by atomic mass is 15.3. The van der Waals surface area contributed by atoms with Crippen molar-refractivity contribution in [2.24, 2.45) is 43.3 Å². The average molecular weight is 322 g/mol. The van der Waals surface area contributed by atoms with Gasteiger partial charge in [-0.2, -0.15) is 10.2 Å². The lowest BCUT2D eigenvalue weighted by molar-refractivity contribution is 1.21. The zero-order chi connectivity index (χ0) is 17.4. The van der Waals surface area contributed by atoms with E-state index in [4.69, 9.17) is 22.9 Å². The summed E-state index contributed by atoms with van der Waals surface area (Å²) in [5.41, 5.74) is 24.7. The predicted octanol–water partition coefficient (Wildman–Crippen LogP) is 0.568. The molecular weight excluding hydrogens is 304 g/mol. The molecule has 0 radical (unpaired) electrons. The van der Waals surface area contributed by atoms with Gasteiger partial charge in [0.15, 0.2) is 0 Å². The highest BCUT2D eigenvalue weighted by Crippen LogP contribution is 2.19. The highest BCUT2D eigenvalue weighted by Gasteiger charge is 1.98. The summed E-state index contributed by atoms with van der Waals surface area (Å²) in [6.07, 6.45) is 3.15. The third-order valence-electron chi connectivity index (χ3n) is 2.91. The lowest BCUT2D eigenvalue weighted by Crippen LogP contribution is -2.21. The van der Waals surface area contributed by atoms with E-state index in [0.29, 0.717) is 0 Å². The van der Waals surface area contributed by atoms with Crippen LogP contribution in [0.2, 0.25) is 0 Å². The molecular formula is C16H18N8. The highest BCUT2D eigenvalue weighted by molar-refractivity contribution is 5.84. The third kappa shape index (κ3) is 5.26. The van der Waals surface area contributed by atoms with Crippen molar-refractivity contribution in [3.05, 3.63) is 59.7 Å². The summed E-state index contributed by atoms with van der Waals surface area (Å²) in [4.78, 5) is 0. The maximum absolute atomic E-state index is 5.20. The fourth-order valence-electron chi connectivity index (χ4n) is 1.85. The normalized spacial score (nSPS) is 10.8. The molecule has 0 aliphatic heterocycles. The van der Waals surface area contributed by atoms with Gasteiger partial charge in [0.1, 0.15) is 0 Å². The fraction of sp³-hybridized carbons (Fsp3) is 0. The van der Waals surface area contributed by atoms with Crippen LogP contribution < -0.4 is 22.9 Å². The number of hydrogen-bond donors (Lipinski definition) is 4. The van der Waals surface area contributed by atoms with Gasteiger partial charge in [0.05, 0.1) is 12.4 Å². The quantitative estimate of drug-likeness (QED) is 0.361. The number of hydrogen-bond acceptors (Lipinski definition) is 4. The van der Waals surface area contributed by atoms with Crippen molar-refractivity contribution >= 4 is 24.3 Å². The first-order chi connectivity index (χ1) is 11.5. The Labute approximate surface area is 139 Å². The van der Waals surface area contributed by atoms with E-state index in [0.717, 1.165) is 22.3 Å². The van der Waals surface area contributed by atoms with E-state index in [-0.39, 0.29) is 11.9 Å². The largest absolute Gasteiger partial charge is 0.369 e. The molecule has 0 spiro atoms. The van der Waals surface area contributed by atoms with Crippen LogP contribution in [-0.2, 0) is 0 Å². The lowest BCUT2D eigenvalue weighted by atomic mass is 10.0. The van der Waals surface area contributed by atoms with E-state index < -0.39 is 0 Å². The van der Waals surface area contributed by atoms with E-state index in [1.165, 1.54) is 0 Å². The standard InChI is InChI=1S/C16H18N8/c17-15(18)23-21-9-11-1-5-13(6-2-11)14-7-3-12(4-8-14)10-22-24-16(19)20/h1-10H,(H4,17,18,23)(H4,19,20,24)/b21-9+,22-10?. The van der Waals surface area contributed by atoms with Crippen LogP contribution >= 0.6 is 0 Å². The van der Waals surface area contributed by atoms with Gasteiger partial charge < -0.3 is 22.9 Å². The van der Waals surface area contributed by atoms with Gasteiger partial charge in [0.2, 0.25) is 11.9 Å². The first-order valence-corrected chi connectivity index (χ1v) is 6.99. The van der Waals surface area contributed by atoms with Crippen molar-refractivity contribution in [2.45, 2.75) is 0 Å². The Morgan fingerprint density at radius 1 is 0.583 bits per heavy atom. The van der Waals surface area contributed by atoms with Crippen LogP contribution in [0.3, 0.4) is 0 Å². The molecule has 8 N–H and O–H groups in total. The number of nitrogens with two attached hydrogens (primary N) is 4. The molecule has 0 saturated heterocycles. The maximum Gasteiger partial charge on any atom is 0.211 e. The van der Waals surface area contributed by atoms with Gasteiger partial charge in [0, 0.05) is 0 Å². The van der Waals surface area contributed by atoms with Gasteiger partial charge in [-0.3, -0.25) is 0 Å². The molecule has 0 aliphatic carbocycles. The van der Waals surface area contributed by atoms with Gasteiger partial charge in [-0.05, 0) is 22.3 Å². The van der Waals surface area contributed by atoms with Crippen LogP contribution in [0.4, 0.5) is 0 Å². The lowest BCUT2D eigenvalue weighted by Gasteiger charge is -2.02. The SMILES string of the molecule is NC(N)=NN=Cc1ccc(-c2ccc(/C=N/N=C(N)N)cc2)cc1. The minimum atomic E-state index is -0.0775. The van der Waals surface area contributed by atoms with E-state index in [2.05, 4.69) is 20.4 Å². The Morgan fingerprint density at radius 3 is 1.21 bits per heavy atom. The third-order valence-corrected chi connectivity index (χ3v) is 2.91. The minimum Gasteiger partial charge on any atom is -0.369 e. The van der Waals surface area contributed by atoms with Crippen molar-refractivity contribution in [2.75, 3.05) is 0 Å². The zero-order valence-electron chi connectivity index (χ0n) is 12.9. The maximum atomic E-state index is 5.20. The van der Waals surface area contributed by atoms with Gasteiger partial charge in [-0.1, -0.05) is 48.5 Å². The second-order valence-electron chi connectivity index (χ2n) is 4.78. The molecule has 0 fully saturated rings. The van der Waals surface area contributed by atoms with Gasteiger partial charge >= 0.3 is 0 Å². The van der Waals surface area contributed by atoms with Gasteiger partial charge in [-0.25, -0.2) is 0 Å². The van der Waals surface area contributed by atoms with Crippen molar-refractivity contribution in [1.29, 1.82) is 0 Å². The molecule has 0 amide bonds. The molecule has 0 heterocycles. The van der Waals surface area contributed by atoms with Crippen molar-refractivity contribution in [3.8, 4) is 11.1 Å². The summed E-state index contributed by atoms with van der Waals surface area (Å²) in [5.74, 6) is -0.155. The monoisotopic (exact) mass is 322 g/mol. The fourth-order valence-corrected chi connectivity index (χ4v) is 1.85. The van der Waals surface area contributed by atoms with E-state index in [9.17, 15) is 0 Å². The molecule has 2 aromatic carbocycles. The summed E-state index contributed by atoms with van der Waals surface area (Å²) in [7, 11) is 0. The van der Waals surface area contributed by atoms with Crippen LogP contribution in [0.5, 0.6) is 0 Å². The summed E-state index contributed by atoms with van der Waals surface area (Å²) >= 11 is 0. The van der Waals surface area contributed by atoms with Crippen molar-refractivity contribution < 1.29 is 0 Å². The van der Waals surface area contributed by atoms with Crippen LogP contribution in [-0.4, -0.2) is 24.3 Å². The minimum absolute atomic E-state index is 0.0775. The summed E-state index contributed by atoms with van der Waals surface area (Å²) in [5, 5.41) is 14.6. The van der Waals surface area contributed by atoms with Gasteiger partial charge in [-0.15, -0.1) is 10.2 Å². The number of nitrogens with zero attached hydrogens (tertiary/aromatic N) is 4. The molecule has 8 heteroatoms. The Balaban J connectivity index is 2.09. The number of benzene rings is 2. The molecule has 0 bridgehead atoms. The van der Waals surface area contributed by atoms with E-state index in [1.807, 2.05) is 48.5 Å². The Bertz CT molecular complexity index is 708. The zero-order valence-corrected chi connectivity index (χ0v) is 12.9. The molecule has 2 rings (SSSR count). The van der Waals surface area contributed by atoms with E-state index >= 15 is 0 Å². The smallest absolute Gasteiger partial charge is 0.211 e. The second-order valence-corrected chi connectivity index (χ2v) is 4.78. The molecule has 0 aromatic heterocycles. The molecule has 122 valence electrons. The second kappa shape index (κ2) is 8.08. The van der Waals surface area contributed by atoms with Crippen molar-refractivity contribution in [3.63, 3.8) is 0 Å². The molecule has 0 atom stereocenters. The van der Waals surface area contributed by atoms with Crippen molar-refractivity contribution in [1.82, 2.24) is 0 Å². The molecule has 24 heavy (non-hydrogen) atoms. The molecule has 0 saturated carbocycles. The first-order valence-electron chi connectivity index (χ1n) is 6.99. The molecule has 0 aliphatic rings. The predicted molar refractivity (Wildman–Crippen MR) is 98.7 cm³/mol. The number of rotatable bonds is 5. The summed E-state index contributed by atoms with van der Waals surface area (Å²) < 4.78 is 0. The summed E-state index contributed by atoms with van der Waals surface area (Å²) in [6.45, 7) is 0. The average Bonchev–Trinajstić information content (AvgIpc) is 2.56. The Hall–Kier alpha value is -3.68. The Kier molecular flexibility index (Phi) is 5.62. The summed E-state index contributed by atoms with van der Waals surface area (Å²) in [6, 6.07) is 15.6. The molecule has 2 aromatic rings. The van der Waals surface area contributed by atoms with E-state index in [1.54, 1.807) is 12.4 Å².